The van der Waals surface area contributed by atoms with Crippen molar-refractivity contribution in [1.82, 2.24) is 10.2 Å². The Balaban J connectivity index is 2.03. The van der Waals surface area contributed by atoms with Gasteiger partial charge in [-0.2, -0.15) is 0 Å². The lowest BCUT2D eigenvalue weighted by Gasteiger charge is -2.32. The third-order valence-corrected chi connectivity index (χ3v) is 8.23. The topological polar surface area (TPSA) is 105 Å². The standard InChI is InChI=1S/C29H35N3O6S/c1-21-11-14-25(15-12-21)39(35,36)32(24-13-16-26(37-4)27(19-24)38-5)20-28(33)31(22(2)29(34)30-3)18-17-23-9-7-6-8-10-23/h6-16,19,22H,17-18,20H2,1-5H3,(H,30,34)/t22-/m0/s1. The zero-order valence-electron chi connectivity index (χ0n) is 22.9. The number of hydrogen-bond acceptors (Lipinski definition) is 6. The summed E-state index contributed by atoms with van der Waals surface area (Å²) in [5.74, 6) is -0.146. The Labute approximate surface area is 230 Å². The van der Waals surface area contributed by atoms with E-state index >= 15 is 0 Å². The van der Waals surface area contributed by atoms with Crippen LogP contribution in [0.3, 0.4) is 0 Å². The summed E-state index contributed by atoms with van der Waals surface area (Å²) in [6, 6.07) is 19.8. The van der Waals surface area contributed by atoms with Gasteiger partial charge in [-0.25, -0.2) is 8.42 Å². The average molecular weight is 554 g/mol. The molecule has 208 valence electrons. The van der Waals surface area contributed by atoms with Gasteiger partial charge in [-0.15, -0.1) is 0 Å². The number of amides is 2. The van der Waals surface area contributed by atoms with Gasteiger partial charge in [-0.3, -0.25) is 13.9 Å². The fraction of sp³-hybridized carbons (Fsp3) is 0.310. The molecule has 0 spiro atoms. The number of benzene rings is 3. The van der Waals surface area contributed by atoms with E-state index in [0.29, 0.717) is 17.9 Å². The number of hydrogen-bond donors (Lipinski definition) is 1. The Morgan fingerprint density at radius 3 is 2.15 bits per heavy atom. The minimum atomic E-state index is -4.17. The summed E-state index contributed by atoms with van der Waals surface area (Å²) in [5.41, 5.74) is 2.11. The lowest BCUT2D eigenvalue weighted by Crippen LogP contribution is -2.51. The smallest absolute Gasteiger partial charge is 0.264 e. The molecule has 2 amide bonds. The molecule has 0 aromatic heterocycles. The van der Waals surface area contributed by atoms with Crippen molar-refractivity contribution in [2.45, 2.75) is 31.2 Å². The number of likely N-dealkylation sites (N-methyl/N-ethyl adjacent to an activating group) is 1. The Morgan fingerprint density at radius 1 is 0.923 bits per heavy atom. The van der Waals surface area contributed by atoms with E-state index in [2.05, 4.69) is 5.32 Å². The van der Waals surface area contributed by atoms with Crippen LogP contribution in [0.2, 0.25) is 0 Å². The molecule has 0 saturated carbocycles. The molecule has 0 unspecified atom stereocenters. The summed E-state index contributed by atoms with van der Waals surface area (Å²) in [6.45, 7) is 3.18. The molecule has 0 bridgehead atoms. The van der Waals surface area contributed by atoms with E-state index in [-0.39, 0.29) is 23.0 Å². The molecule has 9 nitrogen and oxygen atoms in total. The molecule has 10 heteroatoms. The highest BCUT2D eigenvalue weighted by molar-refractivity contribution is 7.92. The van der Waals surface area contributed by atoms with E-state index in [1.807, 2.05) is 37.3 Å². The number of nitrogens with zero attached hydrogens (tertiary/aromatic N) is 2. The third kappa shape index (κ3) is 7.08. The first kappa shape index (κ1) is 29.5. The van der Waals surface area contributed by atoms with Gasteiger partial charge in [0, 0.05) is 19.7 Å². The molecule has 1 atom stereocenters. The highest BCUT2D eigenvalue weighted by atomic mass is 32.2. The molecule has 0 radical (unpaired) electrons. The first-order valence-electron chi connectivity index (χ1n) is 12.5. The molecular formula is C29H35N3O6S. The molecule has 0 aliphatic rings. The fourth-order valence-electron chi connectivity index (χ4n) is 4.13. The lowest BCUT2D eigenvalue weighted by molar-refractivity contribution is -0.138. The van der Waals surface area contributed by atoms with Crippen LogP contribution in [0.5, 0.6) is 11.5 Å². The van der Waals surface area contributed by atoms with Gasteiger partial charge in [0.1, 0.15) is 12.6 Å². The number of carbonyl (C=O) groups is 2. The first-order chi connectivity index (χ1) is 18.6. The first-order valence-corrected chi connectivity index (χ1v) is 13.9. The summed E-state index contributed by atoms with van der Waals surface area (Å²) in [6.07, 6.45) is 0.495. The zero-order chi connectivity index (χ0) is 28.6. The Hall–Kier alpha value is -4.05. The second kappa shape index (κ2) is 13.1. The third-order valence-electron chi connectivity index (χ3n) is 6.44. The van der Waals surface area contributed by atoms with E-state index in [0.717, 1.165) is 15.4 Å². The minimum Gasteiger partial charge on any atom is -0.493 e. The predicted molar refractivity (Wildman–Crippen MR) is 151 cm³/mol. The molecule has 0 heterocycles. The number of rotatable bonds is 12. The van der Waals surface area contributed by atoms with Crippen LogP contribution in [0.15, 0.2) is 77.7 Å². The van der Waals surface area contributed by atoms with Crippen LogP contribution in [-0.4, -0.2) is 65.5 Å². The lowest BCUT2D eigenvalue weighted by atomic mass is 10.1. The summed E-state index contributed by atoms with van der Waals surface area (Å²) < 4.78 is 39.5. The molecule has 3 aromatic rings. The van der Waals surface area contributed by atoms with Crippen LogP contribution in [0.1, 0.15) is 18.1 Å². The molecule has 0 saturated heterocycles. The van der Waals surface area contributed by atoms with Crippen LogP contribution >= 0.6 is 0 Å². The van der Waals surface area contributed by atoms with Crippen molar-refractivity contribution < 1.29 is 27.5 Å². The van der Waals surface area contributed by atoms with Gasteiger partial charge in [0.05, 0.1) is 24.8 Å². The molecular weight excluding hydrogens is 518 g/mol. The number of ether oxygens (including phenoxy) is 2. The highest BCUT2D eigenvalue weighted by Crippen LogP contribution is 2.34. The monoisotopic (exact) mass is 553 g/mol. The van der Waals surface area contributed by atoms with Crippen LogP contribution in [0.25, 0.3) is 0 Å². The van der Waals surface area contributed by atoms with E-state index in [1.54, 1.807) is 31.2 Å². The summed E-state index contributed by atoms with van der Waals surface area (Å²) in [7, 11) is 0.248. The van der Waals surface area contributed by atoms with E-state index < -0.39 is 28.5 Å². The number of anilines is 1. The molecule has 0 aliphatic heterocycles. The van der Waals surface area contributed by atoms with Crippen LogP contribution < -0.4 is 19.1 Å². The van der Waals surface area contributed by atoms with Crippen molar-refractivity contribution in [3.8, 4) is 11.5 Å². The van der Waals surface area contributed by atoms with Gasteiger partial charge in [-0.05, 0) is 50.1 Å². The van der Waals surface area contributed by atoms with Gasteiger partial charge in [0.2, 0.25) is 11.8 Å². The largest absolute Gasteiger partial charge is 0.493 e. The maximum absolute atomic E-state index is 13.9. The van der Waals surface area contributed by atoms with Gasteiger partial charge in [-0.1, -0.05) is 48.0 Å². The van der Waals surface area contributed by atoms with Crippen molar-refractivity contribution in [2.24, 2.45) is 0 Å². The van der Waals surface area contributed by atoms with Crippen molar-refractivity contribution in [3.63, 3.8) is 0 Å². The summed E-state index contributed by atoms with van der Waals surface area (Å²) in [4.78, 5) is 27.8. The van der Waals surface area contributed by atoms with Crippen LogP contribution in [-0.2, 0) is 26.0 Å². The van der Waals surface area contributed by atoms with E-state index in [9.17, 15) is 18.0 Å². The van der Waals surface area contributed by atoms with Crippen LogP contribution in [0.4, 0.5) is 5.69 Å². The summed E-state index contributed by atoms with van der Waals surface area (Å²) >= 11 is 0. The van der Waals surface area contributed by atoms with Crippen molar-refractivity contribution >= 4 is 27.5 Å². The quantitative estimate of drug-likeness (QED) is 0.369. The van der Waals surface area contributed by atoms with Gasteiger partial charge in [0.15, 0.2) is 11.5 Å². The van der Waals surface area contributed by atoms with Gasteiger partial charge in [0.25, 0.3) is 10.0 Å². The van der Waals surface area contributed by atoms with Crippen molar-refractivity contribution in [1.29, 1.82) is 0 Å². The Bertz CT molecular complexity index is 1380. The van der Waals surface area contributed by atoms with E-state index in [4.69, 9.17) is 9.47 Å². The molecule has 0 fully saturated rings. The maximum Gasteiger partial charge on any atom is 0.264 e. The SMILES string of the molecule is CNC(=O)[C@H](C)N(CCc1ccccc1)C(=O)CN(c1ccc(OC)c(OC)c1)S(=O)(=O)c1ccc(C)cc1. The number of nitrogens with one attached hydrogen (secondary N) is 1. The Morgan fingerprint density at radius 2 is 1.56 bits per heavy atom. The zero-order valence-corrected chi connectivity index (χ0v) is 23.7. The number of aryl methyl sites for hydroxylation is 1. The van der Waals surface area contributed by atoms with Gasteiger partial charge >= 0.3 is 0 Å². The molecule has 0 aliphatic carbocycles. The fourth-order valence-corrected chi connectivity index (χ4v) is 5.53. The van der Waals surface area contributed by atoms with E-state index in [1.165, 1.54) is 44.4 Å². The summed E-state index contributed by atoms with van der Waals surface area (Å²) in [5, 5.41) is 2.58. The van der Waals surface area contributed by atoms with Crippen molar-refractivity contribution in [3.05, 3.63) is 83.9 Å². The maximum atomic E-state index is 13.9. The molecule has 3 rings (SSSR count). The second-order valence-corrected chi connectivity index (χ2v) is 10.8. The van der Waals surface area contributed by atoms with Gasteiger partial charge < -0.3 is 19.7 Å². The predicted octanol–water partition coefficient (Wildman–Crippen LogP) is 3.41. The minimum absolute atomic E-state index is 0.0332. The average Bonchev–Trinajstić information content (AvgIpc) is 2.95. The Kier molecular flexibility index (Phi) is 9.95. The molecule has 39 heavy (non-hydrogen) atoms. The normalized spacial score (nSPS) is 11.8. The highest BCUT2D eigenvalue weighted by Gasteiger charge is 2.32. The number of sulfonamides is 1. The van der Waals surface area contributed by atoms with Crippen molar-refractivity contribution in [2.75, 3.05) is 38.7 Å². The second-order valence-electron chi connectivity index (χ2n) is 8.98. The molecule has 3 aromatic carbocycles. The van der Waals surface area contributed by atoms with Crippen LogP contribution in [0, 0.1) is 6.92 Å². The number of methoxy groups -OCH3 is 2. The number of carbonyl (C=O) groups excluding carboxylic acids is 2. The molecule has 1 N–H and O–H groups in total.